The molecular weight excluding hydrogens is 448 g/mol. The number of nitrogens with one attached hydrogen (secondary N) is 1. The molecular formula is C30H42N4O2. The van der Waals surface area contributed by atoms with E-state index < -0.39 is 0 Å². The Labute approximate surface area is 215 Å². The molecule has 3 aromatic rings. The van der Waals surface area contributed by atoms with Crippen LogP contribution in [0.25, 0.3) is 22.2 Å². The Kier molecular flexibility index (Phi) is 8.47. The molecule has 36 heavy (non-hydrogen) atoms. The smallest absolute Gasteiger partial charge is 0.236 e. The molecule has 0 aliphatic carbocycles. The predicted molar refractivity (Wildman–Crippen MR) is 147 cm³/mol. The van der Waals surface area contributed by atoms with Crippen molar-refractivity contribution >= 4 is 16.8 Å². The van der Waals surface area contributed by atoms with Gasteiger partial charge in [0, 0.05) is 40.9 Å². The van der Waals surface area contributed by atoms with Crippen molar-refractivity contribution in [3.05, 3.63) is 52.8 Å². The van der Waals surface area contributed by atoms with Gasteiger partial charge in [0.1, 0.15) is 0 Å². The first-order chi connectivity index (χ1) is 17.3. The molecule has 4 rings (SSSR count). The molecule has 2 aromatic heterocycles. The summed E-state index contributed by atoms with van der Waals surface area (Å²) in [5, 5.41) is 10.6. The van der Waals surface area contributed by atoms with Gasteiger partial charge in [0.05, 0.1) is 18.8 Å². The minimum absolute atomic E-state index is 0.0237. The number of benzene rings is 1. The van der Waals surface area contributed by atoms with E-state index in [1.54, 1.807) is 4.90 Å². The zero-order valence-corrected chi connectivity index (χ0v) is 22.6. The van der Waals surface area contributed by atoms with Crippen LogP contribution in [-0.2, 0) is 4.79 Å². The molecule has 0 saturated carbocycles. The normalized spacial score (nSPS) is 15.2. The van der Waals surface area contributed by atoms with Gasteiger partial charge in [-0.1, -0.05) is 26.8 Å². The lowest BCUT2D eigenvalue weighted by molar-refractivity contribution is -0.133. The van der Waals surface area contributed by atoms with E-state index in [1.807, 2.05) is 0 Å². The number of carbonyl (C=O) groups excluding carboxylic acids is 1. The highest BCUT2D eigenvalue weighted by Crippen LogP contribution is 2.38. The Morgan fingerprint density at radius 3 is 2.44 bits per heavy atom. The average Bonchev–Trinajstić information content (AvgIpc) is 3.23. The van der Waals surface area contributed by atoms with Gasteiger partial charge in [-0.25, -0.2) is 0 Å². The van der Waals surface area contributed by atoms with Gasteiger partial charge in [-0.3, -0.25) is 14.7 Å². The molecule has 1 aromatic carbocycles. The first-order valence-corrected chi connectivity index (χ1v) is 13.5. The zero-order chi connectivity index (χ0) is 25.8. The van der Waals surface area contributed by atoms with Crippen molar-refractivity contribution in [1.82, 2.24) is 19.8 Å². The van der Waals surface area contributed by atoms with Crippen molar-refractivity contribution < 1.29 is 9.90 Å². The molecule has 3 heterocycles. The summed E-state index contributed by atoms with van der Waals surface area (Å²) in [6.07, 6.45) is 3.03. The largest absolute Gasteiger partial charge is 0.395 e. The van der Waals surface area contributed by atoms with Crippen molar-refractivity contribution in [2.45, 2.75) is 65.7 Å². The third kappa shape index (κ3) is 5.81. The monoisotopic (exact) mass is 490 g/mol. The van der Waals surface area contributed by atoms with Gasteiger partial charge >= 0.3 is 0 Å². The molecule has 6 nitrogen and oxygen atoms in total. The van der Waals surface area contributed by atoms with Crippen LogP contribution < -0.4 is 0 Å². The number of H-pyrrole nitrogens is 1. The summed E-state index contributed by atoms with van der Waals surface area (Å²) in [6.45, 7) is 14.2. The SMILES string of the molecule is CCCN(CCO)C(=O)CN1CCC(c2ccc3[nH]c(-c4cc(C)nc(C)c4)c(C(C)C)c3c2)CC1. The van der Waals surface area contributed by atoms with E-state index in [2.05, 4.69) is 79.8 Å². The number of aromatic nitrogens is 2. The highest BCUT2D eigenvalue weighted by Gasteiger charge is 2.25. The zero-order valence-electron chi connectivity index (χ0n) is 22.6. The molecule has 0 atom stereocenters. The van der Waals surface area contributed by atoms with E-state index in [1.165, 1.54) is 33.3 Å². The molecule has 0 radical (unpaired) electrons. The predicted octanol–water partition coefficient (Wildman–Crippen LogP) is 5.38. The van der Waals surface area contributed by atoms with Gasteiger partial charge in [0.15, 0.2) is 0 Å². The second-order valence-electron chi connectivity index (χ2n) is 10.7. The van der Waals surface area contributed by atoms with Crippen LogP contribution in [0.1, 0.15) is 74.4 Å². The van der Waals surface area contributed by atoms with Gasteiger partial charge in [-0.15, -0.1) is 0 Å². The number of fused-ring (bicyclic) bond motifs is 1. The standard InChI is InChI=1S/C30H42N4O2/c1-6-11-34(14-15-35)28(36)19-33-12-9-23(10-13-33)24-7-8-27-26(18-24)29(20(2)3)30(32-27)25-16-21(4)31-22(5)17-25/h7-8,16-18,20,23,32,35H,6,9-15,19H2,1-5H3. The fourth-order valence-electron chi connectivity index (χ4n) is 5.76. The van der Waals surface area contributed by atoms with Crippen molar-refractivity contribution in [3.8, 4) is 11.3 Å². The fourth-order valence-corrected chi connectivity index (χ4v) is 5.76. The number of aliphatic hydroxyl groups is 1. The highest BCUT2D eigenvalue weighted by atomic mass is 16.3. The molecule has 6 heteroatoms. The van der Waals surface area contributed by atoms with E-state index in [4.69, 9.17) is 0 Å². The molecule has 0 unspecified atom stereocenters. The lowest BCUT2D eigenvalue weighted by Crippen LogP contribution is -2.44. The number of hydrogen-bond donors (Lipinski definition) is 2. The Balaban J connectivity index is 1.51. The number of nitrogens with zero attached hydrogens (tertiary/aromatic N) is 3. The molecule has 2 N–H and O–H groups in total. The quantitative estimate of drug-likeness (QED) is 0.422. The Hall–Kier alpha value is -2.70. The number of carbonyl (C=O) groups is 1. The molecule has 0 bridgehead atoms. The van der Waals surface area contributed by atoms with Crippen LogP contribution in [0.15, 0.2) is 30.3 Å². The second-order valence-corrected chi connectivity index (χ2v) is 10.7. The molecule has 1 fully saturated rings. The highest BCUT2D eigenvalue weighted by molar-refractivity contribution is 5.92. The second kappa shape index (κ2) is 11.6. The number of amides is 1. The maximum atomic E-state index is 12.7. The van der Waals surface area contributed by atoms with Crippen molar-refractivity contribution in [3.63, 3.8) is 0 Å². The summed E-state index contributed by atoms with van der Waals surface area (Å²) < 4.78 is 0. The molecule has 1 saturated heterocycles. The van der Waals surface area contributed by atoms with Crippen LogP contribution in [0.4, 0.5) is 0 Å². The van der Waals surface area contributed by atoms with Crippen LogP contribution in [0.5, 0.6) is 0 Å². The van der Waals surface area contributed by atoms with Gasteiger partial charge in [-0.05, 0) is 93.4 Å². The summed E-state index contributed by atoms with van der Waals surface area (Å²) >= 11 is 0. The van der Waals surface area contributed by atoms with E-state index in [0.717, 1.165) is 43.7 Å². The maximum absolute atomic E-state index is 12.7. The van der Waals surface area contributed by atoms with Gasteiger partial charge in [0.25, 0.3) is 0 Å². The summed E-state index contributed by atoms with van der Waals surface area (Å²) in [5.41, 5.74) is 8.46. The van der Waals surface area contributed by atoms with Crippen molar-refractivity contribution in [1.29, 1.82) is 0 Å². The van der Waals surface area contributed by atoms with Gasteiger partial charge in [-0.2, -0.15) is 0 Å². The third-order valence-electron chi connectivity index (χ3n) is 7.44. The lowest BCUT2D eigenvalue weighted by atomic mass is 9.87. The summed E-state index contributed by atoms with van der Waals surface area (Å²) in [4.78, 5) is 25.1. The Bertz CT molecular complexity index is 1160. The summed E-state index contributed by atoms with van der Waals surface area (Å²) in [6, 6.07) is 11.3. The van der Waals surface area contributed by atoms with Crippen molar-refractivity contribution in [2.75, 3.05) is 39.3 Å². The maximum Gasteiger partial charge on any atom is 0.236 e. The molecule has 1 aliphatic rings. The van der Waals surface area contributed by atoms with Crippen molar-refractivity contribution in [2.24, 2.45) is 0 Å². The van der Waals surface area contributed by atoms with E-state index in [-0.39, 0.29) is 12.5 Å². The molecule has 1 amide bonds. The number of aliphatic hydroxyl groups excluding tert-OH is 1. The number of likely N-dealkylation sites (tertiary alicyclic amines) is 1. The fraction of sp³-hybridized carbons (Fsp3) is 0.533. The summed E-state index contributed by atoms with van der Waals surface area (Å²) in [7, 11) is 0. The van der Waals surface area contributed by atoms with E-state index >= 15 is 0 Å². The van der Waals surface area contributed by atoms with E-state index in [0.29, 0.717) is 31.5 Å². The summed E-state index contributed by atoms with van der Waals surface area (Å²) in [5.74, 6) is 1.04. The topological polar surface area (TPSA) is 72.5 Å². The van der Waals surface area contributed by atoms with Gasteiger partial charge in [0.2, 0.25) is 5.91 Å². The van der Waals surface area contributed by atoms with Crippen LogP contribution >= 0.6 is 0 Å². The Morgan fingerprint density at radius 1 is 1.14 bits per heavy atom. The number of hydrogen-bond acceptors (Lipinski definition) is 4. The molecule has 1 aliphatic heterocycles. The average molecular weight is 491 g/mol. The number of aryl methyl sites for hydroxylation is 2. The molecule has 0 spiro atoms. The third-order valence-corrected chi connectivity index (χ3v) is 7.44. The number of aromatic amines is 1. The lowest BCUT2D eigenvalue weighted by Gasteiger charge is -2.33. The van der Waals surface area contributed by atoms with Gasteiger partial charge < -0.3 is 15.0 Å². The van der Waals surface area contributed by atoms with Crippen LogP contribution in [-0.4, -0.2) is 70.1 Å². The van der Waals surface area contributed by atoms with Crippen LogP contribution in [0.2, 0.25) is 0 Å². The minimum Gasteiger partial charge on any atom is -0.395 e. The van der Waals surface area contributed by atoms with E-state index in [9.17, 15) is 9.90 Å². The Morgan fingerprint density at radius 2 is 1.83 bits per heavy atom. The number of piperidine rings is 1. The first-order valence-electron chi connectivity index (χ1n) is 13.5. The number of pyridine rings is 1. The van der Waals surface area contributed by atoms with Crippen LogP contribution in [0, 0.1) is 13.8 Å². The minimum atomic E-state index is 0.0237. The molecule has 194 valence electrons. The van der Waals surface area contributed by atoms with Crippen LogP contribution in [0.3, 0.4) is 0 Å². The first kappa shape index (κ1) is 26.4. The number of rotatable bonds is 9.